The second-order valence-corrected chi connectivity index (χ2v) is 8.26. The third kappa shape index (κ3) is 6.09. The summed E-state index contributed by atoms with van der Waals surface area (Å²) >= 11 is 0. The number of oxazole rings is 1. The summed E-state index contributed by atoms with van der Waals surface area (Å²) in [4.78, 5) is 18.2. The van der Waals surface area contributed by atoms with Crippen molar-refractivity contribution in [3.05, 3.63) is 30.1 Å². The number of rotatable bonds is 6. The van der Waals surface area contributed by atoms with Crippen LogP contribution in [0.5, 0.6) is 5.75 Å². The molecular weight excluding hydrogens is 393 g/mol. The van der Waals surface area contributed by atoms with E-state index in [-0.39, 0.29) is 24.8 Å². The fourth-order valence-electron chi connectivity index (χ4n) is 2.97. The molecule has 0 spiro atoms. The largest absolute Gasteiger partial charge is 0.489 e. The van der Waals surface area contributed by atoms with E-state index in [0.717, 1.165) is 0 Å². The number of halogens is 1. The Morgan fingerprint density at radius 3 is 2.80 bits per heavy atom. The number of aliphatic hydroxyl groups is 1. The van der Waals surface area contributed by atoms with Crippen molar-refractivity contribution in [1.29, 1.82) is 0 Å². The van der Waals surface area contributed by atoms with Gasteiger partial charge in [-0.3, -0.25) is 0 Å². The van der Waals surface area contributed by atoms with Gasteiger partial charge in [0.15, 0.2) is 5.58 Å². The van der Waals surface area contributed by atoms with Gasteiger partial charge in [-0.1, -0.05) is 0 Å². The summed E-state index contributed by atoms with van der Waals surface area (Å²) in [5.41, 5.74) is 0.883. The molecule has 0 atom stereocenters. The SMILES string of the molecule is CC(C)(C)OC(=O)NC/C(=C/F)COc1ccc2nc(N3CCC(O)CC3)oc2c1. The van der Waals surface area contributed by atoms with E-state index in [1.54, 1.807) is 39.0 Å². The van der Waals surface area contributed by atoms with Crippen LogP contribution in [0.25, 0.3) is 11.1 Å². The first-order valence-electron chi connectivity index (χ1n) is 9.95. The van der Waals surface area contributed by atoms with E-state index in [9.17, 15) is 14.3 Å². The predicted molar refractivity (Wildman–Crippen MR) is 110 cm³/mol. The summed E-state index contributed by atoms with van der Waals surface area (Å²) in [5.74, 6) is 0.496. The summed E-state index contributed by atoms with van der Waals surface area (Å²) in [7, 11) is 0. The van der Waals surface area contributed by atoms with Crippen molar-refractivity contribution >= 4 is 23.2 Å². The Morgan fingerprint density at radius 1 is 1.40 bits per heavy atom. The molecule has 1 amide bonds. The summed E-state index contributed by atoms with van der Waals surface area (Å²) in [6.45, 7) is 6.56. The summed E-state index contributed by atoms with van der Waals surface area (Å²) in [6.07, 6.45) is 0.884. The first-order valence-corrected chi connectivity index (χ1v) is 9.95. The lowest BCUT2D eigenvalue weighted by atomic mass is 10.1. The van der Waals surface area contributed by atoms with E-state index in [1.807, 2.05) is 4.90 Å². The number of piperidine rings is 1. The van der Waals surface area contributed by atoms with Crippen LogP contribution < -0.4 is 15.0 Å². The van der Waals surface area contributed by atoms with Crippen LogP contribution in [0.4, 0.5) is 15.2 Å². The lowest BCUT2D eigenvalue weighted by Gasteiger charge is -2.27. The molecule has 2 N–H and O–H groups in total. The second kappa shape index (κ2) is 9.34. The maximum absolute atomic E-state index is 13.2. The van der Waals surface area contributed by atoms with Gasteiger partial charge in [0.1, 0.15) is 23.5 Å². The number of nitrogens with one attached hydrogen (secondary N) is 1. The zero-order valence-corrected chi connectivity index (χ0v) is 17.5. The number of ether oxygens (including phenoxy) is 2. The predicted octanol–water partition coefficient (Wildman–Crippen LogP) is 3.55. The van der Waals surface area contributed by atoms with Gasteiger partial charge in [-0.25, -0.2) is 9.18 Å². The molecule has 1 saturated heterocycles. The zero-order chi connectivity index (χ0) is 21.7. The highest BCUT2D eigenvalue weighted by Gasteiger charge is 2.21. The maximum Gasteiger partial charge on any atom is 0.407 e. The highest BCUT2D eigenvalue weighted by Crippen LogP contribution is 2.27. The second-order valence-electron chi connectivity index (χ2n) is 8.26. The van der Waals surface area contributed by atoms with E-state index >= 15 is 0 Å². The lowest BCUT2D eigenvalue weighted by Crippen LogP contribution is -2.35. The minimum absolute atomic E-state index is 0.0269. The third-order valence-electron chi connectivity index (χ3n) is 4.52. The van der Waals surface area contributed by atoms with Gasteiger partial charge >= 0.3 is 6.09 Å². The first-order chi connectivity index (χ1) is 14.2. The Kier molecular flexibility index (Phi) is 6.81. The summed E-state index contributed by atoms with van der Waals surface area (Å²) in [6, 6.07) is 5.71. The van der Waals surface area contributed by atoms with Crippen molar-refractivity contribution in [1.82, 2.24) is 10.3 Å². The molecule has 0 bridgehead atoms. The number of carbonyl (C=O) groups excluding carboxylic acids is 1. The standard InChI is InChI=1S/C21H28FN3O5/c1-21(2,3)30-20(27)23-12-14(11-22)13-28-16-4-5-17-18(10-16)29-19(24-17)25-8-6-15(26)7-9-25/h4-5,10-11,15,26H,6-9,12-13H2,1-3H3,(H,23,27)/b14-11-. The monoisotopic (exact) mass is 421 g/mol. The van der Waals surface area contributed by atoms with Gasteiger partial charge in [0, 0.05) is 31.3 Å². The number of anilines is 1. The van der Waals surface area contributed by atoms with E-state index < -0.39 is 11.7 Å². The number of aliphatic hydroxyl groups excluding tert-OH is 1. The Labute approximate surface area is 174 Å². The Balaban J connectivity index is 1.55. The van der Waals surface area contributed by atoms with Crippen LogP contribution in [-0.2, 0) is 4.74 Å². The van der Waals surface area contributed by atoms with Crippen molar-refractivity contribution in [3.63, 3.8) is 0 Å². The maximum atomic E-state index is 13.2. The van der Waals surface area contributed by atoms with Crippen LogP contribution in [0.15, 0.2) is 34.5 Å². The molecule has 3 rings (SSSR count). The van der Waals surface area contributed by atoms with Gasteiger partial charge in [0.2, 0.25) is 0 Å². The fraction of sp³-hybridized carbons (Fsp3) is 0.524. The molecule has 9 heteroatoms. The molecule has 2 aromatic rings. The van der Waals surface area contributed by atoms with E-state index in [1.165, 1.54) is 0 Å². The zero-order valence-electron chi connectivity index (χ0n) is 17.5. The number of alkyl carbamates (subject to hydrolysis) is 1. The van der Waals surface area contributed by atoms with Crippen LogP contribution in [-0.4, -0.2) is 54.1 Å². The Hall–Kier alpha value is -2.81. The van der Waals surface area contributed by atoms with Gasteiger partial charge in [-0.15, -0.1) is 0 Å². The normalized spacial score (nSPS) is 16.0. The number of amides is 1. The average Bonchev–Trinajstić information content (AvgIpc) is 3.10. The van der Waals surface area contributed by atoms with E-state index in [4.69, 9.17) is 13.9 Å². The van der Waals surface area contributed by atoms with Crippen molar-refractivity contribution in [2.45, 2.75) is 45.3 Å². The molecule has 1 aliphatic rings. The van der Waals surface area contributed by atoms with Gasteiger partial charge in [-0.05, 0) is 45.7 Å². The van der Waals surface area contributed by atoms with Gasteiger partial charge in [0.05, 0.1) is 12.4 Å². The van der Waals surface area contributed by atoms with Crippen molar-refractivity contribution in [3.8, 4) is 5.75 Å². The molecule has 2 heterocycles. The van der Waals surface area contributed by atoms with Crippen LogP contribution in [0.2, 0.25) is 0 Å². The number of aromatic nitrogens is 1. The Bertz CT molecular complexity index is 898. The molecule has 1 aliphatic heterocycles. The first kappa shape index (κ1) is 21.9. The van der Waals surface area contributed by atoms with Crippen LogP contribution >= 0.6 is 0 Å². The van der Waals surface area contributed by atoms with Crippen molar-refractivity contribution in [2.24, 2.45) is 0 Å². The molecule has 1 fully saturated rings. The molecule has 1 aromatic carbocycles. The third-order valence-corrected chi connectivity index (χ3v) is 4.52. The van der Waals surface area contributed by atoms with Crippen molar-refractivity contribution in [2.75, 3.05) is 31.1 Å². The number of hydrogen-bond acceptors (Lipinski definition) is 7. The summed E-state index contributed by atoms with van der Waals surface area (Å²) < 4.78 is 29.7. The molecule has 1 aromatic heterocycles. The molecule has 0 saturated carbocycles. The fourth-order valence-corrected chi connectivity index (χ4v) is 2.97. The number of carbonyl (C=O) groups is 1. The van der Waals surface area contributed by atoms with E-state index in [0.29, 0.717) is 55.1 Å². The highest BCUT2D eigenvalue weighted by atomic mass is 19.1. The molecule has 0 radical (unpaired) electrons. The lowest BCUT2D eigenvalue weighted by molar-refractivity contribution is 0.0531. The van der Waals surface area contributed by atoms with Crippen molar-refractivity contribution < 1.29 is 28.2 Å². The van der Waals surface area contributed by atoms with Crippen LogP contribution in [0.3, 0.4) is 0 Å². The topological polar surface area (TPSA) is 97.1 Å². The quantitative estimate of drug-likeness (QED) is 0.736. The highest BCUT2D eigenvalue weighted by molar-refractivity contribution is 5.76. The van der Waals surface area contributed by atoms with Gasteiger partial charge < -0.3 is 29.2 Å². The van der Waals surface area contributed by atoms with E-state index in [2.05, 4.69) is 10.3 Å². The Morgan fingerprint density at radius 2 is 2.13 bits per heavy atom. The van der Waals surface area contributed by atoms with Crippen LogP contribution in [0.1, 0.15) is 33.6 Å². The number of hydrogen-bond donors (Lipinski definition) is 2. The molecule has 0 unspecified atom stereocenters. The van der Waals surface area contributed by atoms with Gasteiger partial charge in [0.25, 0.3) is 6.01 Å². The molecule has 30 heavy (non-hydrogen) atoms. The molecular formula is C21H28FN3O5. The molecule has 0 aliphatic carbocycles. The number of fused-ring (bicyclic) bond motifs is 1. The summed E-state index contributed by atoms with van der Waals surface area (Å²) in [5, 5.41) is 12.1. The van der Waals surface area contributed by atoms with Crippen LogP contribution in [0, 0.1) is 0 Å². The average molecular weight is 421 g/mol. The molecule has 8 nitrogen and oxygen atoms in total. The minimum Gasteiger partial charge on any atom is -0.489 e. The minimum atomic E-state index is -0.625. The molecule has 164 valence electrons. The smallest absolute Gasteiger partial charge is 0.407 e. The number of nitrogens with zero attached hydrogens (tertiary/aromatic N) is 2. The number of benzene rings is 1. The van der Waals surface area contributed by atoms with Gasteiger partial charge in [-0.2, -0.15) is 4.98 Å².